The first-order chi connectivity index (χ1) is 8.94. The fourth-order valence-electron chi connectivity index (χ4n) is 2.52. The standard InChI is InChI=1S/C15H22N2O2/c1-15(2)10-17(9-8-13(15)16)12-6-4-11(5-7-12)14(18)19-3/h4-7,13H,8-10,16H2,1-3H3. The van der Waals surface area contributed by atoms with Crippen molar-refractivity contribution in [2.75, 3.05) is 25.1 Å². The minimum Gasteiger partial charge on any atom is -0.465 e. The maximum atomic E-state index is 11.4. The van der Waals surface area contributed by atoms with Gasteiger partial charge in [-0.3, -0.25) is 0 Å². The van der Waals surface area contributed by atoms with Gasteiger partial charge in [0.1, 0.15) is 0 Å². The molecule has 0 bridgehead atoms. The zero-order chi connectivity index (χ0) is 14.0. The molecule has 1 aromatic rings. The summed E-state index contributed by atoms with van der Waals surface area (Å²) >= 11 is 0. The number of nitrogens with zero attached hydrogens (tertiary/aromatic N) is 1. The molecule has 1 atom stereocenters. The quantitative estimate of drug-likeness (QED) is 0.829. The smallest absolute Gasteiger partial charge is 0.337 e. The zero-order valence-electron chi connectivity index (χ0n) is 11.8. The lowest BCUT2D eigenvalue weighted by molar-refractivity contribution is 0.0601. The Bertz CT molecular complexity index is 454. The first kappa shape index (κ1) is 13.9. The molecule has 104 valence electrons. The fourth-order valence-corrected chi connectivity index (χ4v) is 2.52. The molecule has 1 aliphatic heterocycles. The van der Waals surface area contributed by atoms with E-state index in [4.69, 9.17) is 10.5 Å². The molecule has 0 spiro atoms. The molecular formula is C15H22N2O2. The lowest BCUT2D eigenvalue weighted by atomic mass is 9.79. The van der Waals surface area contributed by atoms with Gasteiger partial charge in [-0.2, -0.15) is 0 Å². The van der Waals surface area contributed by atoms with E-state index >= 15 is 0 Å². The number of piperidine rings is 1. The van der Waals surface area contributed by atoms with Crippen LogP contribution in [0.3, 0.4) is 0 Å². The normalized spacial score (nSPS) is 22.1. The number of ether oxygens (including phenoxy) is 1. The predicted molar refractivity (Wildman–Crippen MR) is 76.4 cm³/mol. The molecule has 4 heteroatoms. The van der Waals surface area contributed by atoms with Gasteiger partial charge in [-0.15, -0.1) is 0 Å². The van der Waals surface area contributed by atoms with Gasteiger partial charge in [0.2, 0.25) is 0 Å². The molecule has 0 aromatic heterocycles. The van der Waals surface area contributed by atoms with Crippen molar-refractivity contribution in [3.63, 3.8) is 0 Å². The van der Waals surface area contributed by atoms with E-state index in [1.54, 1.807) is 0 Å². The number of anilines is 1. The van der Waals surface area contributed by atoms with Gasteiger partial charge >= 0.3 is 5.97 Å². The van der Waals surface area contributed by atoms with Crippen molar-refractivity contribution >= 4 is 11.7 Å². The molecule has 0 radical (unpaired) electrons. The second-order valence-corrected chi connectivity index (χ2v) is 5.84. The highest BCUT2D eigenvalue weighted by molar-refractivity contribution is 5.89. The molecular weight excluding hydrogens is 240 g/mol. The van der Waals surface area contributed by atoms with Gasteiger partial charge in [-0.05, 0) is 36.1 Å². The summed E-state index contributed by atoms with van der Waals surface area (Å²) in [6, 6.07) is 7.81. The second kappa shape index (κ2) is 5.21. The number of carbonyl (C=O) groups excluding carboxylic acids is 1. The van der Waals surface area contributed by atoms with Gasteiger partial charge in [0, 0.05) is 24.8 Å². The van der Waals surface area contributed by atoms with Crippen LogP contribution in [0, 0.1) is 5.41 Å². The van der Waals surface area contributed by atoms with Gasteiger partial charge in [0.05, 0.1) is 12.7 Å². The summed E-state index contributed by atoms with van der Waals surface area (Å²) < 4.78 is 4.70. The van der Waals surface area contributed by atoms with Gasteiger partial charge in [-0.25, -0.2) is 4.79 Å². The van der Waals surface area contributed by atoms with Crippen LogP contribution in [0.1, 0.15) is 30.6 Å². The summed E-state index contributed by atoms with van der Waals surface area (Å²) in [6.45, 7) is 6.30. The number of hydrogen-bond acceptors (Lipinski definition) is 4. The van der Waals surface area contributed by atoms with Crippen LogP contribution in [-0.2, 0) is 4.74 Å². The fraction of sp³-hybridized carbons (Fsp3) is 0.533. The maximum Gasteiger partial charge on any atom is 0.337 e. The van der Waals surface area contributed by atoms with Crippen LogP contribution in [0.25, 0.3) is 0 Å². The highest BCUT2D eigenvalue weighted by atomic mass is 16.5. The highest BCUT2D eigenvalue weighted by Crippen LogP contribution is 2.31. The van der Waals surface area contributed by atoms with Crippen LogP contribution in [0.4, 0.5) is 5.69 Å². The third kappa shape index (κ3) is 2.89. The van der Waals surface area contributed by atoms with E-state index in [0.717, 1.165) is 25.2 Å². The molecule has 2 rings (SSSR count). The van der Waals surface area contributed by atoms with Gasteiger partial charge in [0.25, 0.3) is 0 Å². The predicted octanol–water partition coefficient (Wildman–Crippen LogP) is 2.04. The Morgan fingerprint density at radius 2 is 2.00 bits per heavy atom. The van der Waals surface area contributed by atoms with Crippen molar-refractivity contribution in [3.05, 3.63) is 29.8 Å². The van der Waals surface area contributed by atoms with Crippen molar-refractivity contribution in [3.8, 4) is 0 Å². The number of hydrogen-bond donors (Lipinski definition) is 1. The summed E-state index contributed by atoms with van der Waals surface area (Å²) in [5.74, 6) is -0.299. The summed E-state index contributed by atoms with van der Waals surface area (Å²) in [5.41, 5.74) is 7.97. The van der Waals surface area contributed by atoms with E-state index in [0.29, 0.717) is 5.56 Å². The Balaban J connectivity index is 2.13. The van der Waals surface area contributed by atoms with E-state index < -0.39 is 0 Å². The van der Waals surface area contributed by atoms with Crippen LogP contribution in [-0.4, -0.2) is 32.2 Å². The van der Waals surface area contributed by atoms with E-state index in [1.807, 2.05) is 24.3 Å². The topological polar surface area (TPSA) is 55.6 Å². The molecule has 4 nitrogen and oxygen atoms in total. The van der Waals surface area contributed by atoms with Crippen LogP contribution in [0.5, 0.6) is 0 Å². The first-order valence-electron chi connectivity index (χ1n) is 6.63. The molecule has 0 amide bonds. The summed E-state index contributed by atoms with van der Waals surface area (Å²) in [7, 11) is 1.39. The number of rotatable bonds is 2. The van der Waals surface area contributed by atoms with Gasteiger partial charge in [-0.1, -0.05) is 13.8 Å². The van der Waals surface area contributed by atoms with Crippen LogP contribution in [0.2, 0.25) is 0 Å². The number of carbonyl (C=O) groups is 1. The van der Waals surface area contributed by atoms with Crippen molar-refractivity contribution in [2.24, 2.45) is 11.1 Å². The summed E-state index contributed by atoms with van der Waals surface area (Å²) in [4.78, 5) is 13.7. The molecule has 1 aromatic carbocycles. The van der Waals surface area contributed by atoms with Crippen molar-refractivity contribution in [1.29, 1.82) is 0 Å². The molecule has 1 aliphatic rings. The zero-order valence-corrected chi connectivity index (χ0v) is 11.8. The number of methoxy groups -OCH3 is 1. The average Bonchev–Trinajstić information content (AvgIpc) is 2.41. The third-order valence-electron chi connectivity index (χ3n) is 3.97. The van der Waals surface area contributed by atoms with E-state index in [2.05, 4.69) is 18.7 Å². The minimum atomic E-state index is -0.299. The molecule has 0 aliphatic carbocycles. The Hall–Kier alpha value is -1.55. The van der Waals surface area contributed by atoms with Crippen molar-refractivity contribution in [2.45, 2.75) is 26.3 Å². The number of nitrogens with two attached hydrogens (primary N) is 1. The first-order valence-corrected chi connectivity index (χ1v) is 6.63. The van der Waals surface area contributed by atoms with Crippen molar-refractivity contribution in [1.82, 2.24) is 0 Å². The highest BCUT2D eigenvalue weighted by Gasteiger charge is 2.33. The number of benzene rings is 1. The Labute approximate surface area is 114 Å². The van der Waals surface area contributed by atoms with E-state index in [-0.39, 0.29) is 17.4 Å². The van der Waals surface area contributed by atoms with E-state index in [1.165, 1.54) is 7.11 Å². The van der Waals surface area contributed by atoms with Gasteiger partial charge < -0.3 is 15.4 Å². The Kier molecular flexibility index (Phi) is 3.80. The van der Waals surface area contributed by atoms with Crippen LogP contribution < -0.4 is 10.6 Å². The van der Waals surface area contributed by atoms with Crippen LogP contribution in [0.15, 0.2) is 24.3 Å². The summed E-state index contributed by atoms with van der Waals surface area (Å²) in [6.07, 6.45) is 0.992. The van der Waals surface area contributed by atoms with E-state index in [9.17, 15) is 4.79 Å². The number of esters is 1. The molecule has 2 N–H and O–H groups in total. The Morgan fingerprint density at radius 3 is 2.53 bits per heavy atom. The monoisotopic (exact) mass is 262 g/mol. The van der Waals surface area contributed by atoms with Crippen molar-refractivity contribution < 1.29 is 9.53 Å². The van der Waals surface area contributed by atoms with Gasteiger partial charge in [0.15, 0.2) is 0 Å². The third-order valence-corrected chi connectivity index (χ3v) is 3.97. The largest absolute Gasteiger partial charge is 0.465 e. The molecule has 1 unspecified atom stereocenters. The molecule has 1 heterocycles. The molecule has 1 fully saturated rings. The molecule has 0 saturated carbocycles. The van der Waals surface area contributed by atoms with Crippen LogP contribution >= 0.6 is 0 Å². The maximum absolute atomic E-state index is 11.4. The summed E-state index contributed by atoms with van der Waals surface area (Å²) in [5, 5.41) is 0. The molecule has 1 saturated heterocycles. The Morgan fingerprint density at radius 1 is 1.37 bits per heavy atom. The molecule has 19 heavy (non-hydrogen) atoms. The average molecular weight is 262 g/mol. The lowest BCUT2D eigenvalue weighted by Crippen LogP contribution is -2.52. The second-order valence-electron chi connectivity index (χ2n) is 5.84. The lowest BCUT2D eigenvalue weighted by Gasteiger charge is -2.43. The minimum absolute atomic E-state index is 0.110. The SMILES string of the molecule is COC(=O)c1ccc(N2CCC(N)C(C)(C)C2)cc1.